The van der Waals surface area contributed by atoms with Crippen LogP contribution in [0.15, 0.2) is 0 Å². The van der Waals surface area contributed by atoms with E-state index in [1.165, 1.54) is 11.6 Å². The van der Waals surface area contributed by atoms with Crippen molar-refractivity contribution in [1.29, 1.82) is 0 Å². The van der Waals surface area contributed by atoms with Gasteiger partial charge in [-0.15, -0.1) is 0 Å². The Bertz CT molecular complexity index is 2410. The zero-order valence-corrected chi connectivity index (χ0v) is 59.4. The number of carboxylic acid groups (broad SMARTS) is 2. The first-order valence-corrected chi connectivity index (χ1v) is 25.7. The van der Waals surface area contributed by atoms with Crippen LogP contribution in [0.1, 0.15) is 13.3 Å². The van der Waals surface area contributed by atoms with Gasteiger partial charge in [0.1, 0.15) is 85.3 Å². The van der Waals surface area contributed by atoms with Crippen molar-refractivity contribution in [3.8, 4) is 0 Å². The van der Waals surface area contributed by atoms with E-state index in [9.17, 15) is 115 Å². The molecule has 0 unspecified atom stereocenters. The van der Waals surface area contributed by atoms with Gasteiger partial charge in [-0.1, -0.05) is 6.92 Å². The van der Waals surface area contributed by atoms with E-state index < -0.39 is 206 Å². The molecule has 0 aliphatic carbocycles. The number of aliphatic hydroxyl groups excluding tert-OH is 6. The molecule has 0 aromatic rings. The Hall–Kier alpha value is 4.73. The van der Waals surface area contributed by atoms with E-state index in [0.29, 0.717) is 0 Å². The number of aliphatic carboxylic acids is 2. The third kappa shape index (κ3) is 26.8. The summed E-state index contributed by atoms with van der Waals surface area (Å²) < 4.78 is 233. The van der Waals surface area contributed by atoms with E-state index >= 15 is 0 Å². The number of rotatable bonds is 23. The normalized spacial score (nSPS) is 35.7. The Kier molecular flexibility index (Phi) is 42.4. The molecule has 4 saturated heterocycles. The van der Waals surface area contributed by atoms with E-state index in [2.05, 4.69) is 12.5 Å². The third-order valence-corrected chi connectivity index (χ3v) is 12.3. The van der Waals surface area contributed by atoms with Crippen LogP contribution in [0.5, 0.6) is 0 Å². The molecule has 77 heavy (non-hydrogen) atoms. The topological polar surface area (TPSA) is 613 Å². The zero-order chi connectivity index (χ0) is 53.2. The summed E-state index contributed by atoms with van der Waals surface area (Å²) in [5, 5.41) is 89.1. The molecule has 38 nitrogen and oxygen atoms in total. The number of carbonyl (C=O) groups is 2. The first kappa shape index (κ1) is 88.2. The van der Waals surface area contributed by atoms with Gasteiger partial charge in [-0.2, -0.15) is 0 Å². The van der Waals surface area contributed by atoms with E-state index in [1.54, 1.807) is 0 Å². The van der Waals surface area contributed by atoms with E-state index in [-0.39, 0.29) is 213 Å². The molecule has 4 heterocycles. The fourth-order valence-electron chi connectivity index (χ4n) is 7.03. The van der Waals surface area contributed by atoms with Crippen LogP contribution >= 0.6 is 0 Å². The maximum Gasteiger partial charge on any atom is 1.00 e. The molecule has 4 rings (SSSR count). The number of ether oxygens (including phenoxy) is 8. The number of carboxylic acids is 2. The summed E-state index contributed by atoms with van der Waals surface area (Å²) in [4.78, 5) is 24.7. The smallest absolute Gasteiger partial charge is 0.735 e. The molecule has 0 amide bonds. The van der Waals surface area contributed by atoms with Gasteiger partial charge in [-0.3, -0.25) is 12.5 Å². The maximum absolute atomic E-state index is 12.5. The fourth-order valence-corrected chi connectivity index (χ4v) is 9.45. The van der Waals surface area contributed by atoms with Crippen LogP contribution in [0.2, 0.25) is 0 Å². The molecule has 20 atom stereocenters. The van der Waals surface area contributed by atoms with E-state index in [0.717, 1.165) is 4.72 Å². The number of hydrogen-bond acceptors (Lipinski definition) is 36. The van der Waals surface area contributed by atoms with Crippen molar-refractivity contribution in [2.75, 3.05) is 19.8 Å². The summed E-state index contributed by atoms with van der Waals surface area (Å²) in [7, 11) is -29.8. The van der Waals surface area contributed by atoms with Gasteiger partial charge in [0.2, 0.25) is 31.2 Å². The van der Waals surface area contributed by atoms with Gasteiger partial charge in [0, 0.05) is 6.61 Å². The van der Waals surface area contributed by atoms with Crippen LogP contribution in [0, 0.1) is 0 Å². The van der Waals surface area contributed by atoms with Crippen molar-refractivity contribution < 1.29 is 373 Å². The molecule has 0 radical (unpaired) electrons. The summed E-state index contributed by atoms with van der Waals surface area (Å²) >= 11 is 0. The summed E-state index contributed by atoms with van der Waals surface area (Å²) in [6, 6.07) is -5.40. The van der Waals surface area contributed by atoms with Gasteiger partial charge >= 0.3 is 207 Å². The minimum atomic E-state index is -6.26. The summed E-state index contributed by atoms with van der Waals surface area (Å²) in [6.07, 6.45) is -49.2. The molecular weight excluding hydrogens is 1250 g/mol. The molecule has 4 fully saturated rings. The summed E-state index contributed by atoms with van der Waals surface area (Å²) in [5.41, 5.74) is 0. The molecule has 0 aromatic carbocycles. The fraction of sp³-hybridized carbons (Fsp3) is 0.926. The monoisotopic (exact) mass is 1290 g/mol. The van der Waals surface area contributed by atoms with Crippen LogP contribution in [0.4, 0.5) is 0 Å². The minimum Gasteiger partial charge on any atom is -0.735 e. The maximum atomic E-state index is 12.5. The van der Waals surface area contributed by atoms with Gasteiger partial charge < -0.3 is 111 Å². The molecule has 4 aliphatic rings. The Morgan fingerprint density at radius 3 is 1.23 bits per heavy atom. The first-order chi connectivity index (χ1) is 32.0. The SMILES string of the molecule is CCCO[C@@H]1O[C@@H](C(=O)[O-])[C@@H](O[C@H]2O[C@H](COS(=O)(=O)[O-])[C@@H](O[C@@H]3O[C@@H](C(=O)[O-])[C@@H](O[C@H]4O[C@H](CO)[C@@H](O)[C@H](O)[C@H]4NS(=O)(=O)[O-])[C@H](O)[C@H]3OS(=O)(=O)[O-])[C@H](O)[C@H]2NS(=O)(=O)[O-])[C@H](O)[C@H]1OS(=O)(=O)[O-].[Na+].[Na+].[Na+].[Na+].[Na+].[Na+].[Na+]. The van der Waals surface area contributed by atoms with Crippen molar-refractivity contribution in [1.82, 2.24) is 9.44 Å². The van der Waals surface area contributed by atoms with Gasteiger partial charge in [-0.05, 0) is 6.42 Å². The van der Waals surface area contributed by atoms with Crippen molar-refractivity contribution in [2.24, 2.45) is 0 Å². The second kappa shape index (κ2) is 37.0. The van der Waals surface area contributed by atoms with Crippen LogP contribution in [-0.4, -0.2) is 250 Å². The molecule has 0 saturated carbocycles. The van der Waals surface area contributed by atoms with E-state index in [1.807, 2.05) is 0 Å². The third-order valence-electron chi connectivity index (χ3n) is 9.82. The average molecular weight is 1290 g/mol. The first-order valence-electron chi connectivity index (χ1n) is 18.9. The van der Waals surface area contributed by atoms with Crippen LogP contribution in [0.3, 0.4) is 0 Å². The van der Waals surface area contributed by atoms with Crippen molar-refractivity contribution in [3.63, 3.8) is 0 Å². The predicted molar refractivity (Wildman–Crippen MR) is 191 cm³/mol. The molecule has 4 aliphatic heterocycles. The van der Waals surface area contributed by atoms with Crippen molar-refractivity contribution in [2.45, 2.75) is 136 Å². The van der Waals surface area contributed by atoms with Crippen molar-refractivity contribution >= 4 is 63.7 Å². The van der Waals surface area contributed by atoms with Crippen LogP contribution in [-0.2, 0) is 112 Å². The van der Waals surface area contributed by atoms with Gasteiger partial charge in [0.15, 0.2) is 58.0 Å². The van der Waals surface area contributed by atoms with Crippen LogP contribution in [0.25, 0.3) is 0 Å². The minimum absolute atomic E-state index is 0. The quantitative estimate of drug-likeness (QED) is 0.0267. The Morgan fingerprint density at radius 1 is 0.494 bits per heavy atom. The molecule has 8 N–H and O–H groups in total. The number of carbonyl (C=O) groups excluding carboxylic acids is 2. The zero-order valence-electron chi connectivity index (χ0n) is 41.3. The average Bonchev–Trinajstić information content (AvgIpc) is 3.20. The Morgan fingerprint density at radius 2 is 0.870 bits per heavy atom. The number of hydrogen-bond donors (Lipinski definition) is 8. The van der Waals surface area contributed by atoms with Crippen LogP contribution < -0.4 is 227 Å². The summed E-state index contributed by atoms with van der Waals surface area (Å²) in [5.74, 6) is -4.96. The van der Waals surface area contributed by atoms with Gasteiger partial charge in [0.05, 0.1) is 25.2 Å². The summed E-state index contributed by atoms with van der Waals surface area (Å²) in [6.45, 7) is -2.04. The molecule has 0 bridgehead atoms. The molecular formula is C27H39N2Na7O36S5. The molecule has 0 aromatic heterocycles. The van der Waals surface area contributed by atoms with Gasteiger partial charge in [0.25, 0.3) is 0 Å². The second-order valence-electron chi connectivity index (χ2n) is 14.7. The molecule has 50 heteroatoms. The standard InChI is InChI=1S/C27H46N2O36S5.7Na/c1-2-3-55-26-18(64-69(49,50)51)13(34)16(20(62-26)22(36)37)61-25-9(29-67(43,44)45)12(33)15(7(58-25)5-56-68(46,47)48)59-27-19(65-70(52,53)54)14(35)17(21(63-27)23(38)39)60-24-8(28-66(40,41)42)11(32)10(31)6(4-30)57-24;;;;;;;/h6-21,24-35H,2-5H2,1H3,(H,36,37)(H,38,39)(H,40,41,42)(H,43,44,45)(H,46,47,48)(H,49,50,51)(H,52,53,54);;;;;;;/q;7*+1/p-7/t6-,7-,8-,9-,10-,11-,12-,13+,14+,15-,16+,17+,18-,19-,20-,21-,24-,25-,26-,27-;;;;;;;/m1......./s1. The molecule has 0 spiro atoms. The Labute approximate surface area is 592 Å². The van der Waals surface area contributed by atoms with Crippen molar-refractivity contribution in [3.05, 3.63) is 0 Å². The predicted octanol–water partition coefficient (Wildman–Crippen LogP) is -35.2. The number of aliphatic hydroxyl groups is 6. The largest absolute Gasteiger partial charge is 1.00 e. The molecule has 410 valence electrons. The van der Waals surface area contributed by atoms with E-state index in [4.69, 9.17) is 37.9 Å². The number of nitrogens with one attached hydrogen (secondary N) is 2. The van der Waals surface area contributed by atoms with Gasteiger partial charge in [-0.25, -0.2) is 51.5 Å². The Balaban J connectivity index is -0.00000381. The second-order valence-corrected chi connectivity index (χ2v) is 20.1.